The first-order chi connectivity index (χ1) is 14.8. The Labute approximate surface area is 177 Å². The molecule has 160 valence electrons. The predicted octanol–water partition coefficient (Wildman–Crippen LogP) is 5.12. The SMILES string of the molecule is COc1ccc(CN2C(=O)N(c3ccc(C#N)c(C(F)(F)F)c3)[C@H]3C=CCC[C@@H]32)cc1. The normalized spacial score (nSPS) is 20.5. The Balaban J connectivity index is 1.70. The van der Waals surface area contributed by atoms with Crippen molar-refractivity contribution in [3.63, 3.8) is 0 Å². The number of methoxy groups -OCH3 is 1. The van der Waals surface area contributed by atoms with Gasteiger partial charge in [-0.1, -0.05) is 24.3 Å². The monoisotopic (exact) mass is 427 g/mol. The summed E-state index contributed by atoms with van der Waals surface area (Å²) < 4.78 is 45.6. The number of fused-ring (bicyclic) bond motifs is 1. The number of ether oxygens (including phenoxy) is 1. The molecule has 2 atom stereocenters. The van der Waals surface area contributed by atoms with E-state index < -0.39 is 17.3 Å². The third-order valence-corrected chi connectivity index (χ3v) is 5.73. The molecule has 2 aromatic carbocycles. The van der Waals surface area contributed by atoms with Gasteiger partial charge in [0, 0.05) is 12.2 Å². The highest BCUT2D eigenvalue weighted by Crippen LogP contribution is 2.39. The van der Waals surface area contributed by atoms with Crippen LogP contribution in [-0.4, -0.2) is 30.1 Å². The average molecular weight is 427 g/mol. The number of nitriles is 1. The molecule has 0 aromatic heterocycles. The lowest BCUT2D eigenvalue weighted by atomic mass is 9.95. The number of carbonyl (C=O) groups excluding carboxylic acids is 1. The van der Waals surface area contributed by atoms with Gasteiger partial charge in [0.2, 0.25) is 0 Å². The van der Waals surface area contributed by atoms with Crippen molar-refractivity contribution in [3.8, 4) is 11.8 Å². The number of rotatable bonds is 4. The minimum absolute atomic E-state index is 0.134. The molecule has 0 bridgehead atoms. The lowest BCUT2D eigenvalue weighted by molar-refractivity contribution is -0.137. The van der Waals surface area contributed by atoms with E-state index in [1.807, 2.05) is 36.4 Å². The molecule has 0 radical (unpaired) electrons. The Bertz CT molecular complexity index is 1060. The molecule has 1 aliphatic carbocycles. The molecule has 8 heteroatoms. The van der Waals surface area contributed by atoms with Gasteiger partial charge in [0.25, 0.3) is 0 Å². The molecule has 2 amide bonds. The molecule has 0 spiro atoms. The predicted molar refractivity (Wildman–Crippen MR) is 109 cm³/mol. The molecule has 0 saturated carbocycles. The number of carbonyl (C=O) groups is 1. The van der Waals surface area contributed by atoms with E-state index in [1.54, 1.807) is 18.1 Å². The third-order valence-electron chi connectivity index (χ3n) is 5.73. The van der Waals surface area contributed by atoms with Crippen LogP contribution >= 0.6 is 0 Å². The van der Waals surface area contributed by atoms with Gasteiger partial charge < -0.3 is 9.64 Å². The van der Waals surface area contributed by atoms with Gasteiger partial charge in [-0.25, -0.2) is 4.79 Å². The quantitative estimate of drug-likeness (QED) is 0.637. The molecule has 31 heavy (non-hydrogen) atoms. The van der Waals surface area contributed by atoms with Crippen molar-refractivity contribution in [2.45, 2.75) is 37.6 Å². The molecular formula is C23H20F3N3O2. The lowest BCUT2D eigenvalue weighted by Crippen LogP contribution is -2.37. The van der Waals surface area contributed by atoms with E-state index >= 15 is 0 Å². The Hall–Kier alpha value is -3.47. The Morgan fingerprint density at radius 1 is 1.19 bits per heavy atom. The van der Waals surface area contributed by atoms with E-state index in [1.165, 1.54) is 11.0 Å². The van der Waals surface area contributed by atoms with E-state index in [-0.39, 0.29) is 23.8 Å². The number of allylic oxidation sites excluding steroid dienone is 1. The standard InChI is InChI=1S/C23H20F3N3O2/c1-31-18-10-6-15(7-11-18)14-28-20-4-2-3-5-21(20)29(22(28)30)17-9-8-16(13-27)19(12-17)23(24,25)26/h3,5-12,20-21H,2,4,14H2,1H3/t20-,21-/m0/s1. The molecule has 1 fully saturated rings. The molecule has 1 heterocycles. The van der Waals surface area contributed by atoms with Crippen LogP contribution in [-0.2, 0) is 12.7 Å². The molecule has 0 N–H and O–H groups in total. The number of amides is 2. The first-order valence-electron chi connectivity index (χ1n) is 9.84. The molecule has 1 saturated heterocycles. The number of anilines is 1. The molecule has 2 aliphatic rings. The van der Waals surface area contributed by atoms with Crippen molar-refractivity contribution < 1.29 is 22.7 Å². The van der Waals surface area contributed by atoms with Crippen molar-refractivity contribution in [2.24, 2.45) is 0 Å². The molecule has 2 aromatic rings. The van der Waals surface area contributed by atoms with E-state index in [4.69, 9.17) is 10.00 Å². The first-order valence-corrected chi connectivity index (χ1v) is 9.84. The van der Waals surface area contributed by atoms with Crippen LogP contribution in [0.15, 0.2) is 54.6 Å². The molecule has 0 unspecified atom stereocenters. The number of alkyl halides is 3. The summed E-state index contributed by atoms with van der Waals surface area (Å²) in [6.07, 6.45) is 0.664. The van der Waals surface area contributed by atoms with Crippen LogP contribution in [0.5, 0.6) is 5.75 Å². The zero-order valence-corrected chi connectivity index (χ0v) is 16.8. The van der Waals surface area contributed by atoms with Gasteiger partial charge in [0.1, 0.15) is 5.75 Å². The highest BCUT2D eigenvalue weighted by molar-refractivity contribution is 5.96. The second-order valence-corrected chi connectivity index (χ2v) is 7.53. The third kappa shape index (κ3) is 3.83. The van der Waals surface area contributed by atoms with Crippen LogP contribution in [0.4, 0.5) is 23.7 Å². The number of hydrogen-bond acceptors (Lipinski definition) is 3. The van der Waals surface area contributed by atoms with Crippen LogP contribution in [0, 0.1) is 11.3 Å². The van der Waals surface area contributed by atoms with Crippen molar-refractivity contribution >= 4 is 11.7 Å². The zero-order valence-electron chi connectivity index (χ0n) is 16.8. The Morgan fingerprint density at radius 2 is 1.94 bits per heavy atom. The maximum atomic E-state index is 13.5. The summed E-state index contributed by atoms with van der Waals surface area (Å²) in [5.74, 6) is 0.703. The number of benzene rings is 2. The highest BCUT2D eigenvalue weighted by Gasteiger charge is 2.46. The summed E-state index contributed by atoms with van der Waals surface area (Å²) in [6, 6.07) is 11.5. The first kappa shape index (κ1) is 20.8. The number of nitrogens with zero attached hydrogens (tertiary/aromatic N) is 3. The smallest absolute Gasteiger partial charge is 0.417 e. The van der Waals surface area contributed by atoms with Crippen molar-refractivity contribution in [2.75, 3.05) is 12.0 Å². The largest absolute Gasteiger partial charge is 0.497 e. The molecular weight excluding hydrogens is 407 g/mol. The minimum atomic E-state index is -4.69. The molecule has 5 nitrogen and oxygen atoms in total. The van der Waals surface area contributed by atoms with Gasteiger partial charge in [-0.2, -0.15) is 18.4 Å². The fourth-order valence-electron chi connectivity index (χ4n) is 4.22. The summed E-state index contributed by atoms with van der Waals surface area (Å²) in [7, 11) is 1.57. The van der Waals surface area contributed by atoms with Crippen LogP contribution in [0.3, 0.4) is 0 Å². The molecule has 4 rings (SSSR count). The van der Waals surface area contributed by atoms with Crippen molar-refractivity contribution in [1.29, 1.82) is 5.26 Å². The minimum Gasteiger partial charge on any atom is -0.497 e. The summed E-state index contributed by atoms with van der Waals surface area (Å²) in [5, 5.41) is 9.06. The Morgan fingerprint density at radius 3 is 2.58 bits per heavy atom. The van der Waals surface area contributed by atoms with E-state index in [0.717, 1.165) is 30.5 Å². The maximum Gasteiger partial charge on any atom is 0.417 e. The van der Waals surface area contributed by atoms with Gasteiger partial charge in [-0.3, -0.25) is 4.90 Å². The summed E-state index contributed by atoms with van der Waals surface area (Å²) in [5.41, 5.74) is -0.464. The second kappa shape index (κ2) is 7.99. The fraction of sp³-hybridized carbons (Fsp3) is 0.304. The average Bonchev–Trinajstić information content (AvgIpc) is 3.04. The second-order valence-electron chi connectivity index (χ2n) is 7.53. The number of hydrogen-bond donors (Lipinski definition) is 0. The van der Waals surface area contributed by atoms with Gasteiger partial charge in [-0.05, 0) is 48.7 Å². The van der Waals surface area contributed by atoms with E-state index in [0.29, 0.717) is 12.3 Å². The summed E-state index contributed by atoms with van der Waals surface area (Å²) >= 11 is 0. The van der Waals surface area contributed by atoms with Crippen LogP contribution in [0.1, 0.15) is 29.5 Å². The maximum absolute atomic E-state index is 13.5. The topological polar surface area (TPSA) is 56.6 Å². The fourth-order valence-corrected chi connectivity index (χ4v) is 4.22. The Kier molecular flexibility index (Phi) is 5.36. The van der Waals surface area contributed by atoms with E-state index in [9.17, 15) is 18.0 Å². The van der Waals surface area contributed by atoms with Gasteiger partial charge in [0.15, 0.2) is 0 Å². The molecule has 1 aliphatic heterocycles. The van der Waals surface area contributed by atoms with Gasteiger partial charge >= 0.3 is 12.2 Å². The number of halogens is 3. The zero-order chi connectivity index (χ0) is 22.2. The summed E-state index contributed by atoms with van der Waals surface area (Å²) in [4.78, 5) is 16.5. The van der Waals surface area contributed by atoms with Gasteiger partial charge in [0.05, 0.1) is 36.4 Å². The van der Waals surface area contributed by atoms with E-state index in [2.05, 4.69) is 0 Å². The lowest BCUT2D eigenvalue weighted by Gasteiger charge is -2.28. The van der Waals surface area contributed by atoms with Crippen LogP contribution < -0.4 is 9.64 Å². The van der Waals surface area contributed by atoms with Crippen LogP contribution in [0.25, 0.3) is 0 Å². The van der Waals surface area contributed by atoms with Crippen molar-refractivity contribution in [3.05, 3.63) is 71.3 Å². The van der Waals surface area contributed by atoms with Gasteiger partial charge in [-0.15, -0.1) is 0 Å². The van der Waals surface area contributed by atoms with Crippen LogP contribution in [0.2, 0.25) is 0 Å². The highest BCUT2D eigenvalue weighted by atomic mass is 19.4. The summed E-state index contributed by atoms with van der Waals surface area (Å²) in [6.45, 7) is 0.344. The number of urea groups is 1. The van der Waals surface area contributed by atoms with Crippen molar-refractivity contribution in [1.82, 2.24) is 4.90 Å².